The third-order valence-corrected chi connectivity index (χ3v) is 4.57. The van der Waals surface area contributed by atoms with Crippen LogP contribution in [0.3, 0.4) is 0 Å². The lowest BCUT2D eigenvalue weighted by atomic mass is 10.1. The van der Waals surface area contributed by atoms with Gasteiger partial charge in [-0.1, -0.05) is 40.6 Å². The van der Waals surface area contributed by atoms with Crippen LogP contribution < -0.4 is 4.87 Å². The summed E-state index contributed by atoms with van der Waals surface area (Å²) in [5.41, 5.74) is 1.68. The van der Waals surface area contributed by atoms with Gasteiger partial charge in [-0.3, -0.25) is 9.36 Å². The maximum atomic E-state index is 13.7. The van der Waals surface area contributed by atoms with Gasteiger partial charge in [0.15, 0.2) is 0 Å². The quantitative estimate of drug-likeness (QED) is 0.606. The van der Waals surface area contributed by atoms with Gasteiger partial charge in [0.2, 0.25) is 0 Å². The van der Waals surface area contributed by atoms with E-state index in [1.807, 2.05) is 0 Å². The molecule has 7 heteroatoms. The van der Waals surface area contributed by atoms with Crippen molar-refractivity contribution in [3.8, 4) is 16.9 Å². The molecule has 0 amide bonds. The molecule has 1 aromatic heterocycles. The number of halogens is 3. The van der Waals surface area contributed by atoms with Crippen molar-refractivity contribution in [2.75, 3.05) is 0 Å². The Hall–Kier alpha value is -1.27. The van der Waals surface area contributed by atoms with Gasteiger partial charge in [-0.25, -0.2) is 4.39 Å². The van der Waals surface area contributed by atoms with Crippen LogP contribution in [-0.4, -0.2) is 4.57 Å². The number of rotatable bonds is 2. The number of hydrogen-bond acceptors (Lipinski definition) is 3. The predicted octanol–water partition coefficient (Wildman–Crippen LogP) is 5.30. The summed E-state index contributed by atoms with van der Waals surface area (Å²) in [5, 5.41) is 2.51. The summed E-state index contributed by atoms with van der Waals surface area (Å²) in [6.07, 6.45) is 0. The molecule has 0 fully saturated rings. The Morgan fingerprint density at radius 1 is 1.09 bits per heavy atom. The van der Waals surface area contributed by atoms with Crippen LogP contribution in [0.25, 0.3) is 16.9 Å². The normalized spacial score (nSPS) is 10.9. The summed E-state index contributed by atoms with van der Waals surface area (Å²) in [4.78, 5) is 12.2. The average Bonchev–Trinajstić information content (AvgIpc) is 2.82. The fourth-order valence-electron chi connectivity index (χ4n) is 2.09. The number of nitrogens with zero attached hydrogens (tertiary/aromatic N) is 1. The van der Waals surface area contributed by atoms with E-state index in [0.717, 1.165) is 11.3 Å². The summed E-state index contributed by atoms with van der Waals surface area (Å²) in [6, 6.07) is 9.44. The van der Waals surface area contributed by atoms with Gasteiger partial charge in [-0.2, -0.15) is 0 Å². The summed E-state index contributed by atoms with van der Waals surface area (Å²) >= 11 is 17.0. The SMILES string of the molecule is O=c1scc(-c2ccc(S)c(F)c2)n1-c1cc(Cl)cc(Cl)c1. The smallest absolute Gasteiger partial charge is 0.267 e. The fraction of sp³-hybridized carbons (Fsp3) is 0. The highest BCUT2D eigenvalue weighted by molar-refractivity contribution is 7.80. The molecule has 2 aromatic carbocycles. The van der Waals surface area contributed by atoms with E-state index in [-0.39, 0.29) is 9.77 Å². The van der Waals surface area contributed by atoms with Crippen molar-refractivity contribution in [3.63, 3.8) is 0 Å². The van der Waals surface area contributed by atoms with E-state index in [1.165, 1.54) is 10.6 Å². The van der Waals surface area contributed by atoms with Crippen LogP contribution in [-0.2, 0) is 0 Å². The Labute approximate surface area is 145 Å². The molecule has 0 radical (unpaired) electrons. The van der Waals surface area contributed by atoms with Gasteiger partial charge in [0.1, 0.15) is 5.82 Å². The van der Waals surface area contributed by atoms with Crippen molar-refractivity contribution in [1.82, 2.24) is 4.57 Å². The first-order valence-electron chi connectivity index (χ1n) is 6.11. The maximum absolute atomic E-state index is 13.7. The molecule has 0 aliphatic heterocycles. The zero-order valence-electron chi connectivity index (χ0n) is 10.9. The zero-order chi connectivity index (χ0) is 15.9. The van der Waals surface area contributed by atoms with Crippen LogP contribution >= 0.6 is 47.2 Å². The van der Waals surface area contributed by atoms with E-state index in [4.69, 9.17) is 23.2 Å². The van der Waals surface area contributed by atoms with E-state index in [0.29, 0.717) is 27.0 Å². The van der Waals surface area contributed by atoms with Crippen LogP contribution in [0, 0.1) is 5.82 Å². The minimum Gasteiger partial charge on any atom is -0.267 e. The molecule has 0 N–H and O–H groups in total. The van der Waals surface area contributed by atoms with Gasteiger partial charge in [-0.15, -0.1) is 12.6 Å². The van der Waals surface area contributed by atoms with Crippen LogP contribution in [0.4, 0.5) is 4.39 Å². The minimum atomic E-state index is -0.449. The Bertz CT molecular complexity index is 900. The second-order valence-electron chi connectivity index (χ2n) is 4.52. The number of thiol groups is 1. The Kier molecular flexibility index (Phi) is 4.32. The van der Waals surface area contributed by atoms with E-state index in [1.54, 1.807) is 35.7 Å². The van der Waals surface area contributed by atoms with E-state index in [9.17, 15) is 9.18 Å². The number of benzene rings is 2. The van der Waals surface area contributed by atoms with Crippen molar-refractivity contribution in [3.05, 3.63) is 67.3 Å². The van der Waals surface area contributed by atoms with Crippen LogP contribution in [0.5, 0.6) is 0 Å². The largest absolute Gasteiger partial charge is 0.312 e. The second kappa shape index (κ2) is 6.08. The molecule has 2 nitrogen and oxygen atoms in total. The molecule has 0 atom stereocenters. The molecule has 0 aliphatic carbocycles. The molecule has 3 aromatic rings. The Morgan fingerprint density at radius 3 is 2.41 bits per heavy atom. The molecule has 0 unspecified atom stereocenters. The summed E-state index contributed by atoms with van der Waals surface area (Å²) in [6.45, 7) is 0. The van der Waals surface area contributed by atoms with E-state index >= 15 is 0 Å². The third kappa shape index (κ3) is 2.94. The minimum absolute atomic E-state index is 0.205. The molecule has 0 saturated carbocycles. The van der Waals surface area contributed by atoms with Gasteiger partial charge in [0, 0.05) is 25.9 Å². The predicted molar refractivity (Wildman–Crippen MR) is 92.6 cm³/mol. The average molecular weight is 372 g/mol. The topological polar surface area (TPSA) is 22.0 Å². The lowest BCUT2D eigenvalue weighted by Gasteiger charge is -2.09. The fourth-order valence-corrected chi connectivity index (χ4v) is 3.50. The zero-order valence-corrected chi connectivity index (χ0v) is 14.1. The molecule has 3 rings (SSSR count). The molecule has 112 valence electrons. The Morgan fingerprint density at radius 2 is 1.77 bits per heavy atom. The molecular formula is C15H8Cl2FNOS2. The molecular weight excluding hydrogens is 364 g/mol. The number of aromatic nitrogens is 1. The van der Waals surface area contributed by atoms with Crippen LogP contribution in [0.1, 0.15) is 0 Å². The third-order valence-electron chi connectivity index (χ3n) is 3.04. The van der Waals surface area contributed by atoms with Crippen LogP contribution in [0.15, 0.2) is 51.5 Å². The number of thiazole rings is 1. The molecule has 0 saturated heterocycles. The van der Waals surface area contributed by atoms with Gasteiger partial charge in [0.25, 0.3) is 0 Å². The lowest BCUT2D eigenvalue weighted by molar-refractivity contribution is 0.603. The molecule has 0 aliphatic rings. The molecule has 0 spiro atoms. The second-order valence-corrected chi connectivity index (χ2v) is 6.69. The first-order chi connectivity index (χ1) is 10.5. The highest BCUT2D eigenvalue weighted by Gasteiger charge is 2.13. The van der Waals surface area contributed by atoms with Gasteiger partial charge >= 0.3 is 4.87 Å². The van der Waals surface area contributed by atoms with Gasteiger partial charge in [0.05, 0.1) is 11.4 Å². The molecule has 1 heterocycles. The molecule has 0 bridgehead atoms. The van der Waals surface area contributed by atoms with Crippen molar-refractivity contribution in [1.29, 1.82) is 0 Å². The summed E-state index contributed by atoms with van der Waals surface area (Å²) in [7, 11) is 0. The highest BCUT2D eigenvalue weighted by Crippen LogP contribution is 2.28. The van der Waals surface area contributed by atoms with Crippen molar-refractivity contribution < 1.29 is 4.39 Å². The van der Waals surface area contributed by atoms with Crippen molar-refractivity contribution in [2.45, 2.75) is 4.90 Å². The van der Waals surface area contributed by atoms with E-state index in [2.05, 4.69) is 12.6 Å². The standard InChI is InChI=1S/C15H8Cl2FNOS2/c16-9-4-10(17)6-11(5-9)19-13(7-22-15(19)20)8-1-2-14(21)12(18)3-8/h1-7,21H. The van der Waals surface area contributed by atoms with E-state index < -0.39 is 5.82 Å². The molecule has 22 heavy (non-hydrogen) atoms. The van der Waals surface area contributed by atoms with Gasteiger partial charge < -0.3 is 0 Å². The lowest BCUT2D eigenvalue weighted by Crippen LogP contribution is -2.11. The van der Waals surface area contributed by atoms with Crippen molar-refractivity contribution in [2.24, 2.45) is 0 Å². The first kappa shape index (κ1) is 15.6. The maximum Gasteiger partial charge on any atom is 0.312 e. The summed E-state index contributed by atoms with van der Waals surface area (Å²) < 4.78 is 15.2. The highest BCUT2D eigenvalue weighted by atomic mass is 35.5. The van der Waals surface area contributed by atoms with Gasteiger partial charge in [-0.05, 0) is 30.3 Å². The monoisotopic (exact) mass is 371 g/mol. The van der Waals surface area contributed by atoms with Crippen LogP contribution in [0.2, 0.25) is 10.0 Å². The van der Waals surface area contributed by atoms with Crippen molar-refractivity contribution >= 4 is 47.2 Å². The number of hydrogen-bond donors (Lipinski definition) is 1. The summed E-state index contributed by atoms with van der Waals surface area (Å²) in [5.74, 6) is -0.449. The Balaban J connectivity index is 2.23. The first-order valence-corrected chi connectivity index (χ1v) is 8.20.